The van der Waals surface area contributed by atoms with E-state index < -0.39 is 23.3 Å². The van der Waals surface area contributed by atoms with Gasteiger partial charge in [-0.2, -0.15) is 11.3 Å². The van der Waals surface area contributed by atoms with Crippen LogP contribution in [0, 0.1) is 5.82 Å². The molecule has 1 unspecified atom stereocenters. The highest BCUT2D eigenvalue weighted by atomic mass is 32.1. The summed E-state index contributed by atoms with van der Waals surface area (Å²) in [6.07, 6.45) is 1.29. The Morgan fingerprint density at radius 2 is 2.16 bits per heavy atom. The summed E-state index contributed by atoms with van der Waals surface area (Å²) in [5.41, 5.74) is 2.34. The van der Waals surface area contributed by atoms with Gasteiger partial charge in [0.1, 0.15) is 11.9 Å². The highest BCUT2D eigenvalue weighted by molar-refractivity contribution is 7.96. The Morgan fingerprint density at radius 3 is 2.81 bits per heavy atom. The SMILES string of the molecule is O=C(S)NCC1CN(c2ccc(C3=CCN(C(=O)c4ccsc4)CC3)c(F)c2)C(=O)O1. The molecule has 0 bridgehead atoms. The van der Waals surface area contributed by atoms with Crippen molar-refractivity contribution in [3.63, 3.8) is 0 Å². The number of ether oxygens (including phenoxy) is 1. The maximum atomic E-state index is 14.9. The Hall–Kier alpha value is -2.85. The lowest BCUT2D eigenvalue weighted by molar-refractivity contribution is 0.0773. The molecular formula is C21H20FN3O4S2. The van der Waals surface area contributed by atoms with Crippen LogP contribution in [0.25, 0.3) is 5.57 Å². The molecule has 31 heavy (non-hydrogen) atoms. The lowest BCUT2D eigenvalue weighted by Crippen LogP contribution is -2.34. The number of benzene rings is 1. The number of carbonyl (C=O) groups is 3. The van der Waals surface area contributed by atoms with E-state index in [1.807, 2.05) is 16.8 Å². The summed E-state index contributed by atoms with van der Waals surface area (Å²) in [6, 6.07) is 6.41. The van der Waals surface area contributed by atoms with E-state index >= 15 is 0 Å². The molecule has 1 N–H and O–H groups in total. The van der Waals surface area contributed by atoms with Crippen LogP contribution in [0.2, 0.25) is 0 Å². The molecule has 7 nitrogen and oxygen atoms in total. The Labute approximate surface area is 187 Å². The zero-order chi connectivity index (χ0) is 22.0. The molecule has 2 aromatic rings. The lowest BCUT2D eigenvalue weighted by atomic mass is 9.98. The summed E-state index contributed by atoms with van der Waals surface area (Å²) in [4.78, 5) is 38.6. The summed E-state index contributed by atoms with van der Waals surface area (Å²) in [5, 5.41) is 5.65. The molecule has 4 rings (SSSR count). The van der Waals surface area contributed by atoms with Crippen molar-refractivity contribution in [2.24, 2.45) is 0 Å². The number of amides is 3. The third kappa shape index (κ3) is 4.75. The molecule has 2 aliphatic rings. The topological polar surface area (TPSA) is 79.0 Å². The predicted molar refractivity (Wildman–Crippen MR) is 119 cm³/mol. The molecule has 1 aromatic heterocycles. The van der Waals surface area contributed by atoms with Crippen LogP contribution in [-0.4, -0.2) is 54.4 Å². The highest BCUT2D eigenvalue weighted by Gasteiger charge is 2.33. The number of thiophene rings is 1. The van der Waals surface area contributed by atoms with E-state index in [2.05, 4.69) is 17.9 Å². The number of hydrogen-bond acceptors (Lipinski definition) is 5. The van der Waals surface area contributed by atoms with Gasteiger partial charge in [0, 0.05) is 24.0 Å². The van der Waals surface area contributed by atoms with E-state index in [0.717, 1.165) is 5.57 Å². The van der Waals surface area contributed by atoms with Crippen LogP contribution in [0.1, 0.15) is 22.3 Å². The van der Waals surface area contributed by atoms with Crippen molar-refractivity contribution in [2.45, 2.75) is 12.5 Å². The minimum absolute atomic E-state index is 0.0245. The first kappa shape index (κ1) is 21.4. The molecule has 1 aromatic carbocycles. The van der Waals surface area contributed by atoms with Crippen molar-refractivity contribution in [3.05, 3.63) is 58.0 Å². The van der Waals surface area contributed by atoms with Crippen molar-refractivity contribution in [1.82, 2.24) is 10.2 Å². The van der Waals surface area contributed by atoms with Gasteiger partial charge >= 0.3 is 6.09 Å². The van der Waals surface area contributed by atoms with Crippen LogP contribution in [0.5, 0.6) is 0 Å². The molecule has 1 atom stereocenters. The zero-order valence-electron chi connectivity index (χ0n) is 16.4. The molecule has 3 amide bonds. The number of nitrogens with one attached hydrogen (secondary N) is 1. The number of nitrogens with zero attached hydrogens (tertiary/aromatic N) is 2. The molecule has 0 saturated carbocycles. The minimum Gasteiger partial charge on any atom is -0.442 e. The van der Waals surface area contributed by atoms with E-state index in [9.17, 15) is 18.8 Å². The Balaban J connectivity index is 1.43. The van der Waals surface area contributed by atoms with Crippen LogP contribution in [0.4, 0.5) is 19.7 Å². The van der Waals surface area contributed by atoms with Gasteiger partial charge in [0.25, 0.3) is 11.1 Å². The summed E-state index contributed by atoms with van der Waals surface area (Å²) in [7, 11) is 0. The van der Waals surface area contributed by atoms with Crippen LogP contribution in [0.3, 0.4) is 0 Å². The normalized spacial score (nSPS) is 18.6. The maximum absolute atomic E-state index is 14.9. The number of carbonyl (C=O) groups excluding carboxylic acids is 3. The standard InChI is InChI=1S/C21H20FN3O4S2/c22-18-9-15(25-11-16(29-21(25)28)10-23-20(27)30)1-2-17(18)13-3-6-24(7-4-13)19(26)14-5-8-31-12-14/h1-3,5,8-9,12,16H,4,6-7,10-11H2,(H2,23,27,30). The summed E-state index contributed by atoms with van der Waals surface area (Å²) < 4.78 is 20.1. The van der Waals surface area contributed by atoms with E-state index in [4.69, 9.17) is 4.74 Å². The monoisotopic (exact) mass is 461 g/mol. The number of anilines is 1. The van der Waals surface area contributed by atoms with E-state index in [-0.39, 0.29) is 19.0 Å². The van der Waals surface area contributed by atoms with Crippen LogP contribution in [0.15, 0.2) is 41.1 Å². The fraction of sp³-hybridized carbons (Fsp3) is 0.286. The number of cyclic esters (lactones) is 1. The number of halogens is 1. The largest absolute Gasteiger partial charge is 0.442 e. The Morgan fingerprint density at radius 1 is 1.32 bits per heavy atom. The fourth-order valence-corrected chi connectivity index (χ4v) is 4.36. The van der Waals surface area contributed by atoms with Crippen molar-refractivity contribution in [3.8, 4) is 0 Å². The molecule has 0 radical (unpaired) electrons. The van der Waals surface area contributed by atoms with Gasteiger partial charge in [0.05, 0.1) is 24.3 Å². The van der Waals surface area contributed by atoms with Gasteiger partial charge in [-0.1, -0.05) is 18.7 Å². The number of rotatable bonds is 5. The van der Waals surface area contributed by atoms with Gasteiger partial charge < -0.3 is 15.0 Å². The first-order chi connectivity index (χ1) is 14.9. The van der Waals surface area contributed by atoms with Crippen molar-refractivity contribution in [2.75, 3.05) is 31.1 Å². The second kappa shape index (κ2) is 9.11. The minimum atomic E-state index is -0.593. The maximum Gasteiger partial charge on any atom is 0.414 e. The molecule has 162 valence electrons. The Bertz CT molecular complexity index is 1040. The number of hydrogen-bond donors (Lipinski definition) is 2. The first-order valence-corrected chi connectivity index (χ1v) is 11.1. The van der Waals surface area contributed by atoms with Crippen LogP contribution >= 0.6 is 24.0 Å². The second-order valence-corrected chi connectivity index (χ2v) is 8.40. The van der Waals surface area contributed by atoms with Crippen molar-refractivity contribution in [1.29, 1.82) is 0 Å². The fourth-order valence-electron chi connectivity index (χ4n) is 3.64. The molecule has 1 fully saturated rings. The van der Waals surface area contributed by atoms with E-state index in [0.29, 0.717) is 36.3 Å². The van der Waals surface area contributed by atoms with Gasteiger partial charge in [-0.05, 0) is 41.6 Å². The first-order valence-electron chi connectivity index (χ1n) is 9.67. The average molecular weight is 462 g/mol. The summed E-state index contributed by atoms with van der Waals surface area (Å²) in [6.45, 7) is 1.27. The van der Waals surface area contributed by atoms with Gasteiger partial charge in [-0.15, -0.1) is 0 Å². The lowest BCUT2D eigenvalue weighted by Gasteiger charge is -2.26. The second-order valence-electron chi connectivity index (χ2n) is 7.21. The summed E-state index contributed by atoms with van der Waals surface area (Å²) >= 11 is 5.09. The van der Waals surface area contributed by atoms with Gasteiger partial charge in [0.2, 0.25) is 0 Å². The third-order valence-electron chi connectivity index (χ3n) is 5.23. The molecule has 0 spiro atoms. The quantitative estimate of drug-likeness (QED) is 0.665. The zero-order valence-corrected chi connectivity index (χ0v) is 18.1. The number of thiol groups is 1. The van der Waals surface area contributed by atoms with E-state index in [1.165, 1.54) is 22.3 Å². The van der Waals surface area contributed by atoms with Crippen LogP contribution in [-0.2, 0) is 4.74 Å². The molecule has 1 saturated heterocycles. The third-order valence-corrected chi connectivity index (χ3v) is 6.07. The van der Waals surface area contributed by atoms with Gasteiger partial charge in [-0.3, -0.25) is 14.5 Å². The van der Waals surface area contributed by atoms with Crippen molar-refractivity contribution < 1.29 is 23.5 Å². The van der Waals surface area contributed by atoms with E-state index in [1.54, 1.807) is 23.1 Å². The van der Waals surface area contributed by atoms with Gasteiger partial charge in [-0.25, -0.2) is 9.18 Å². The molecular weight excluding hydrogens is 441 g/mol. The van der Waals surface area contributed by atoms with Crippen molar-refractivity contribution >= 4 is 52.5 Å². The average Bonchev–Trinajstić information content (AvgIpc) is 3.42. The highest BCUT2D eigenvalue weighted by Crippen LogP contribution is 2.30. The van der Waals surface area contributed by atoms with Gasteiger partial charge in [0.15, 0.2) is 0 Å². The summed E-state index contributed by atoms with van der Waals surface area (Å²) in [5.74, 6) is -0.468. The van der Waals surface area contributed by atoms with Crippen LogP contribution < -0.4 is 10.2 Å². The molecule has 2 aliphatic heterocycles. The predicted octanol–water partition coefficient (Wildman–Crippen LogP) is 3.78. The molecule has 3 heterocycles. The molecule has 10 heteroatoms. The smallest absolute Gasteiger partial charge is 0.414 e. The molecule has 0 aliphatic carbocycles. The Kier molecular flexibility index (Phi) is 6.28.